The predicted octanol–water partition coefficient (Wildman–Crippen LogP) is 1.88. The number of hydrogen-bond donors (Lipinski definition) is 0. The third-order valence-corrected chi connectivity index (χ3v) is 1.32. The van der Waals surface area contributed by atoms with Gasteiger partial charge in [0.15, 0.2) is 0 Å². The van der Waals surface area contributed by atoms with Crippen LogP contribution >= 0.6 is 8.25 Å². The van der Waals surface area contributed by atoms with Gasteiger partial charge in [-0.15, -0.1) is 9.05 Å². The molecule has 3 nitrogen and oxygen atoms in total. The molecule has 0 saturated heterocycles. The molecule has 0 rings (SSSR count). The first kappa shape index (κ1) is 8.76. The largest absolute Gasteiger partial charge is 0.697 e. The fraction of sp³-hybridized carbons (Fsp3) is 0.600. The molecule has 0 aliphatic carbocycles. The van der Waals surface area contributed by atoms with Gasteiger partial charge in [-0.1, -0.05) is 12.2 Å². The smallest absolute Gasteiger partial charge is 0.122 e. The van der Waals surface area contributed by atoms with E-state index >= 15 is 0 Å². The second-order valence-electron chi connectivity index (χ2n) is 1.27. The maximum Gasteiger partial charge on any atom is 0.697 e. The maximum absolute atomic E-state index is 10.4. The van der Waals surface area contributed by atoms with Crippen LogP contribution < -0.4 is 0 Å². The van der Waals surface area contributed by atoms with E-state index in [9.17, 15) is 4.57 Å². The van der Waals surface area contributed by atoms with Crippen molar-refractivity contribution >= 4 is 8.25 Å². The molecule has 0 amide bonds. The van der Waals surface area contributed by atoms with Crippen LogP contribution in [-0.2, 0) is 13.6 Å². The van der Waals surface area contributed by atoms with Crippen molar-refractivity contribution in [2.45, 2.75) is 6.92 Å². The van der Waals surface area contributed by atoms with E-state index in [1.54, 1.807) is 6.08 Å². The zero-order chi connectivity index (χ0) is 7.11. The third-order valence-electron chi connectivity index (χ3n) is 0.661. The van der Waals surface area contributed by atoms with Gasteiger partial charge in [0, 0.05) is 4.57 Å². The van der Waals surface area contributed by atoms with Crippen LogP contribution in [0.25, 0.3) is 0 Å². The summed E-state index contributed by atoms with van der Waals surface area (Å²) >= 11 is 0. The Balaban J connectivity index is 3.17. The van der Waals surface area contributed by atoms with E-state index in [0.717, 1.165) is 0 Å². The van der Waals surface area contributed by atoms with Crippen molar-refractivity contribution in [3.63, 3.8) is 0 Å². The van der Waals surface area contributed by atoms with Crippen LogP contribution in [0.2, 0.25) is 0 Å². The molecule has 0 aromatic carbocycles. The second kappa shape index (κ2) is 5.89. The van der Waals surface area contributed by atoms with Crippen molar-refractivity contribution in [2.75, 3.05) is 13.7 Å². The Hall–Kier alpha value is -0.240. The molecular weight excluding hydrogens is 139 g/mol. The predicted molar refractivity (Wildman–Crippen MR) is 35.4 cm³/mol. The van der Waals surface area contributed by atoms with Crippen LogP contribution in [0.5, 0.6) is 0 Å². The van der Waals surface area contributed by atoms with Gasteiger partial charge < -0.3 is 0 Å². The topological polar surface area (TPSA) is 35.5 Å². The molecule has 1 atom stereocenters. The summed E-state index contributed by atoms with van der Waals surface area (Å²) in [4.78, 5) is 0. The Labute approximate surface area is 55.6 Å². The van der Waals surface area contributed by atoms with Gasteiger partial charge in [0.2, 0.25) is 0 Å². The molecule has 1 unspecified atom stereocenters. The van der Waals surface area contributed by atoms with E-state index in [2.05, 4.69) is 9.05 Å². The van der Waals surface area contributed by atoms with Gasteiger partial charge in [0.1, 0.15) is 6.61 Å². The number of allylic oxidation sites excluding steroid dienone is 1. The van der Waals surface area contributed by atoms with Crippen molar-refractivity contribution < 1.29 is 13.6 Å². The first-order valence-corrected chi connectivity index (χ1v) is 3.66. The molecule has 0 fully saturated rings. The Morgan fingerprint density at radius 1 is 1.67 bits per heavy atom. The summed E-state index contributed by atoms with van der Waals surface area (Å²) in [6, 6.07) is 0. The number of hydrogen-bond acceptors (Lipinski definition) is 3. The molecule has 0 N–H and O–H groups in total. The summed E-state index contributed by atoms with van der Waals surface area (Å²) < 4.78 is 19.3. The standard InChI is InChI=1S/C5H10O3P/c1-3-4-5-8-9(6)7-2/h3-4H,5H2,1-2H3/q+1/b4-3+. The summed E-state index contributed by atoms with van der Waals surface area (Å²) in [5.41, 5.74) is 0. The Bertz CT molecular complexity index is 111. The zero-order valence-electron chi connectivity index (χ0n) is 5.53. The quantitative estimate of drug-likeness (QED) is 0.452. The van der Waals surface area contributed by atoms with E-state index in [1.165, 1.54) is 7.11 Å². The SMILES string of the molecule is C/C=C/CO[P+](=O)OC. The molecule has 0 aliphatic heterocycles. The van der Waals surface area contributed by atoms with Gasteiger partial charge in [0.05, 0.1) is 7.11 Å². The molecule has 0 spiro atoms. The molecule has 9 heavy (non-hydrogen) atoms. The minimum absolute atomic E-state index is 0.347. The fourth-order valence-electron chi connectivity index (χ4n) is 0.253. The summed E-state index contributed by atoms with van der Waals surface area (Å²) in [7, 11) is -0.550. The van der Waals surface area contributed by atoms with Gasteiger partial charge in [-0.3, -0.25) is 0 Å². The fourth-order valence-corrected chi connectivity index (χ4v) is 0.566. The molecular formula is C5H10O3P+. The minimum Gasteiger partial charge on any atom is -0.122 e. The molecule has 4 heteroatoms. The first-order chi connectivity index (χ1) is 4.31. The van der Waals surface area contributed by atoms with E-state index in [-0.39, 0.29) is 0 Å². The van der Waals surface area contributed by atoms with Gasteiger partial charge in [0.25, 0.3) is 0 Å². The van der Waals surface area contributed by atoms with Crippen molar-refractivity contribution in [3.05, 3.63) is 12.2 Å². The van der Waals surface area contributed by atoms with E-state index < -0.39 is 8.25 Å². The first-order valence-electron chi connectivity index (χ1n) is 2.56. The van der Waals surface area contributed by atoms with Crippen molar-refractivity contribution in [1.82, 2.24) is 0 Å². The Kier molecular flexibility index (Phi) is 5.73. The average molecular weight is 149 g/mol. The lowest BCUT2D eigenvalue weighted by atomic mass is 10.6. The molecule has 0 bridgehead atoms. The normalized spacial score (nSPS) is 12.4. The summed E-state index contributed by atoms with van der Waals surface area (Å²) in [6.07, 6.45) is 3.57. The zero-order valence-corrected chi connectivity index (χ0v) is 6.43. The maximum atomic E-state index is 10.4. The summed E-state index contributed by atoms with van der Waals surface area (Å²) in [6.45, 7) is 2.21. The highest BCUT2D eigenvalue weighted by molar-refractivity contribution is 7.33. The van der Waals surface area contributed by atoms with E-state index in [1.807, 2.05) is 13.0 Å². The Morgan fingerprint density at radius 3 is 2.78 bits per heavy atom. The van der Waals surface area contributed by atoms with Crippen molar-refractivity contribution in [3.8, 4) is 0 Å². The lowest BCUT2D eigenvalue weighted by molar-refractivity contribution is 0.279. The molecule has 0 radical (unpaired) electrons. The van der Waals surface area contributed by atoms with Crippen molar-refractivity contribution in [2.24, 2.45) is 0 Å². The van der Waals surface area contributed by atoms with E-state index in [0.29, 0.717) is 6.61 Å². The van der Waals surface area contributed by atoms with Gasteiger partial charge in [-0.2, -0.15) is 0 Å². The van der Waals surface area contributed by atoms with Gasteiger partial charge in [-0.25, -0.2) is 0 Å². The van der Waals surface area contributed by atoms with E-state index in [4.69, 9.17) is 0 Å². The summed E-state index contributed by atoms with van der Waals surface area (Å²) in [5.74, 6) is 0. The van der Waals surface area contributed by atoms with Crippen molar-refractivity contribution in [1.29, 1.82) is 0 Å². The highest BCUT2D eigenvalue weighted by atomic mass is 31.1. The lowest BCUT2D eigenvalue weighted by Crippen LogP contribution is -1.79. The van der Waals surface area contributed by atoms with Crippen LogP contribution in [0.4, 0.5) is 0 Å². The summed E-state index contributed by atoms with van der Waals surface area (Å²) in [5, 5.41) is 0. The molecule has 0 saturated carbocycles. The molecule has 52 valence electrons. The minimum atomic E-state index is -1.89. The molecule has 0 aromatic rings. The molecule has 0 aromatic heterocycles. The van der Waals surface area contributed by atoms with Crippen LogP contribution in [0.1, 0.15) is 6.92 Å². The lowest BCUT2D eigenvalue weighted by Gasteiger charge is -1.78. The van der Waals surface area contributed by atoms with Crippen LogP contribution in [0, 0.1) is 0 Å². The van der Waals surface area contributed by atoms with Crippen LogP contribution in [0.3, 0.4) is 0 Å². The highest BCUT2D eigenvalue weighted by Crippen LogP contribution is 2.20. The highest BCUT2D eigenvalue weighted by Gasteiger charge is 2.14. The molecule has 0 heterocycles. The van der Waals surface area contributed by atoms with Crippen LogP contribution in [0.15, 0.2) is 12.2 Å². The Morgan fingerprint density at radius 2 is 2.33 bits per heavy atom. The molecule has 0 aliphatic rings. The average Bonchev–Trinajstić information content (AvgIpc) is 1.89. The monoisotopic (exact) mass is 149 g/mol. The van der Waals surface area contributed by atoms with Gasteiger partial charge >= 0.3 is 8.25 Å². The van der Waals surface area contributed by atoms with Crippen LogP contribution in [-0.4, -0.2) is 13.7 Å². The number of rotatable bonds is 4. The second-order valence-corrected chi connectivity index (χ2v) is 2.34. The third kappa shape index (κ3) is 5.63. The van der Waals surface area contributed by atoms with Gasteiger partial charge in [-0.05, 0) is 6.92 Å².